The Balaban J connectivity index is 1.44. The molecule has 3 heterocycles. The van der Waals surface area contributed by atoms with Crippen molar-refractivity contribution >= 4 is 0 Å². The van der Waals surface area contributed by atoms with Gasteiger partial charge in [-0.2, -0.15) is 0 Å². The lowest BCUT2D eigenvalue weighted by Crippen LogP contribution is -2.31. The third kappa shape index (κ3) is 3.65. The van der Waals surface area contributed by atoms with Gasteiger partial charge in [-0.25, -0.2) is 9.97 Å². The molecule has 0 fully saturated rings. The Kier molecular flexibility index (Phi) is 4.76. The number of pyridine rings is 1. The summed E-state index contributed by atoms with van der Waals surface area (Å²) in [4.78, 5) is 16.4. The van der Waals surface area contributed by atoms with E-state index in [4.69, 9.17) is 4.98 Å². The summed E-state index contributed by atoms with van der Waals surface area (Å²) in [5.41, 5.74) is 5.90. The van der Waals surface area contributed by atoms with Gasteiger partial charge in [0.1, 0.15) is 5.82 Å². The van der Waals surface area contributed by atoms with Crippen LogP contribution in [0.5, 0.6) is 0 Å². The van der Waals surface area contributed by atoms with Crippen LogP contribution in [0.1, 0.15) is 42.4 Å². The number of hydrogen-bond donors (Lipinski definition) is 0. The summed E-state index contributed by atoms with van der Waals surface area (Å²) in [7, 11) is 0. The molecule has 0 saturated carbocycles. The second-order valence-electron chi connectivity index (χ2n) is 7.23. The quantitative estimate of drug-likeness (QED) is 0.711. The van der Waals surface area contributed by atoms with Crippen LogP contribution in [0, 0.1) is 0 Å². The van der Waals surface area contributed by atoms with E-state index < -0.39 is 0 Å². The average Bonchev–Trinajstić information content (AvgIpc) is 2.69. The van der Waals surface area contributed by atoms with Gasteiger partial charge in [-0.15, -0.1) is 0 Å². The normalized spacial score (nSPS) is 14.4. The van der Waals surface area contributed by atoms with Gasteiger partial charge in [0.15, 0.2) is 0 Å². The molecule has 0 aliphatic carbocycles. The number of nitrogens with zero attached hydrogens (tertiary/aromatic N) is 4. The van der Waals surface area contributed by atoms with Crippen LogP contribution < -0.4 is 0 Å². The van der Waals surface area contributed by atoms with Crippen LogP contribution in [0.4, 0.5) is 0 Å². The number of aromatic nitrogens is 3. The molecule has 0 radical (unpaired) electrons. The molecule has 0 saturated heterocycles. The van der Waals surface area contributed by atoms with Gasteiger partial charge in [-0.1, -0.05) is 50.2 Å². The Labute approximate surface area is 155 Å². The molecule has 0 amide bonds. The number of rotatable bonds is 4. The first-order valence-electron chi connectivity index (χ1n) is 9.26. The first-order chi connectivity index (χ1) is 12.7. The molecule has 0 N–H and O–H groups in total. The summed E-state index contributed by atoms with van der Waals surface area (Å²) >= 11 is 0. The van der Waals surface area contributed by atoms with Crippen molar-refractivity contribution in [2.75, 3.05) is 6.54 Å². The lowest BCUT2D eigenvalue weighted by Gasteiger charge is -2.28. The van der Waals surface area contributed by atoms with E-state index in [2.05, 4.69) is 53.0 Å². The smallest absolute Gasteiger partial charge is 0.131 e. The first kappa shape index (κ1) is 16.9. The highest BCUT2D eigenvalue weighted by Gasteiger charge is 2.19. The lowest BCUT2D eigenvalue weighted by atomic mass is 10.1. The molecule has 1 aromatic carbocycles. The van der Waals surface area contributed by atoms with Crippen LogP contribution in [-0.2, 0) is 19.5 Å². The van der Waals surface area contributed by atoms with Gasteiger partial charge in [0.2, 0.25) is 0 Å². The Morgan fingerprint density at radius 1 is 1.00 bits per heavy atom. The van der Waals surface area contributed by atoms with Crippen molar-refractivity contribution < 1.29 is 0 Å². The Hall–Kier alpha value is -2.59. The number of benzene rings is 1. The van der Waals surface area contributed by atoms with E-state index >= 15 is 0 Å². The third-order valence-corrected chi connectivity index (χ3v) is 4.85. The molecule has 4 heteroatoms. The maximum atomic E-state index is 4.75. The fourth-order valence-corrected chi connectivity index (χ4v) is 3.36. The fourth-order valence-electron chi connectivity index (χ4n) is 3.36. The van der Waals surface area contributed by atoms with Crippen molar-refractivity contribution in [3.8, 4) is 11.3 Å². The van der Waals surface area contributed by atoms with Crippen LogP contribution in [0.2, 0.25) is 0 Å². The first-order valence-corrected chi connectivity index (χ1v) is 9.26. The summed E-state index contributed by atoms with van der Waals surface area (Å²) in [5, 5.41) is 0. The van der Waals surface area contributed by atoms with E-state index in [0.717, 1.165) is 43.1 Å². The van der Waals surface area contributed by atoms with E-state index in [1.54, 1.807) is 0 Å². The Bertz CT molecular complexity index is 872. The van der Waals surface area contributed by atoms with E-state index in [9.17, 15) is 0 Å². The van der Waals surface area contributed by atoms with Gasteiger partial charge < -0.3 is 0 Å². The molecular formula is C22H24N4. The van der Waals surface area contributed by atoms with Crippen LogP contribution in [-0.4, -0.2) is 26.4 Å². The minimum Gasteiger partial charge on any atom is -0.294 e. The lowest BCUT2D eigenvalue weighted by molar-refractivity contribution is 0.242. The Morgan fingerprint density at radius 3 is 2.58 bits per heavy atom. The standard InChI is InChI=1S/C22H24N4/c1-16(2)22-24-13-19-15-26(11-10-21(19)25-22)14-17-8-9-20(23-12-17)18-6-4-3-5-7-18/h3-9,12-13,16H,10-11,14-15H2,1-2H3. The predicted molar refractivity (Wildman–Crippen MR) is 104 cm³/mol. The average molecular weight is 344 g/mol. The topological polar surface area (TPSA) is 41.9 Å². The molecule has 132 valence electrons. The largest absolute Gasteiger partial charge is 0.294 e. The second kappa shape index (κ2) is 7.34. The van der Waals surface area contributed by atoms with E-state index in [1.807, 2.05) is 30.6 Å². The molecule has 3 aromatic rings. The summed E-state index contributed by atoms with van der Waals surface area (Å²) in [6, 6.07) is 14.6. The fraction of sp³-hybridized carbons (Fsp3) is 0.318. The van der Waals surface area contributed by atoms with Crippen LogP contribution in [0.3, 0.4) is 0 Å². The molecule has 4 nitrogen and oxygen atoms in total. The van der Waals surface area contributed by atoms with Crippen molar-refractivity contribution in [2.24, 2.45) is 0 Å². The zero-order valence-electron chi connectivity index (χ0n) is 15.4. The summed E-state index contributed by atoms with van der Waals surface area (Å²) in [5.74, 6) is 1.34. The van der Waals surface area contributed by atoms with E-state index in [-0.39, 0.29) is 0 Å². The molecule has 0 unspecified atom stereocenters. The predicted octanol–water partition coefficient (Wildman–Crippen LogP) is 4.22. The molecule has 1 aliphatic heterocycles. The zero-order valence-corrected chi connectivity index (χ0v) is 15.4. The maximum absolute atomic E-state index is 4.75. The third-order valence-electron chi connectivity index (χ3n) is 4.85. The van der Waals surface area contributed by atoms with Gasteiger partial charge in [0.25, 0.3) is 0 Å². The van der Waals surface area contributed by atoms with Crippen molar-refractivity contribution in [1.82, 2.24) is 19.9 Å². The minimum absolute atomic E-state index is 0.382. The molecule has 0 bridgehead atoms. The molecule has 2 aromatic heterocycles. The van der Waals surface area contributed by atoms with Gasteiger partial charge >= 0.3 is 0 Å². The van der Waals surface area contributed by atoms with Crippen LogP contribution in [0.15, 0.2) is 54.9 Å². The van der Waals surface area contributed by atoms with Gasteiger partial charge in [0.05, 0.1) is 5.69 Å². The molecule has 4 rings (SSSR count). The molecule has 0 spiro atoms. The highest BCUT2D eigenvalue weighted by Crippen LogP contribution is 2.21. The zero-order chi connectivity index (χ0) is 17.9. The van der Waals surface area contributed by atoms with Crippen molar-refractivity contribution in [3.63, 3.8) is 0 Å². The van der Waals surface area contributed by atoms with E-state index in [1.165, 1.54) is 16.8 Å². The Morgan fingerprint density at radius 2 is 1.85 bits per heavy atom. The highest BCUT2D eigenvalue weighted by molar-refractivity contribution is 5.58. The minimum atomic E-state index is 0.382. The van der Waals surface area contributed by atoms with Gasteiger partial charge in [0, 0.05) is 61.2 Å². The van der Waals surface area contributed by atoms with Crippen LogP contribution in [0.25, 0.3) is 11.3 Å². The van der Waals surface area contributed by atoms with Crippen molar-refractivity contribution in [1.29, 1.82) is 0 Å². The van der Waals surface area contributed by atoms with Crippen molar-refractivity contribution in [2.45, 2.75) is 39.3 Å². The SMILES string of the molecule is CC(C)c1ncc2c(n1)CCN(Cc1ccc(-c3ccccc3)nc1)C2. The van der Waals surface area contributed by atoms with Gasteiger partial charge in [-0.05, 0) is 11.6 Å². The molecule has 1 aliphatic rings. The van der Waals surface area contributed by atoms with E-state index in [0.29, 0.717) is 5.92 Å². The molecule has 26 heavy (non-hydrogen) atoms. The van der Waals surface area contributed by atoms with Crippen molar-refractivity contribution in [3.05, 3.63) is 77.5 Å². The highest BCUT2D eigenvalue weighted by atomic mass is 15.1. The molecule has 0 atom stereocenters. The van der Waals surface area contributed by atoms with Gasteiger partial charge in [-0.3, -0.25) is 9.88 Å². The monoisotopic (exact) mass is 344 g/mol. The second-order valence-corrected chi connectivity index (χ2v) is 7.23. The summed E-state index contributed by atoms with van der Waals surface area (Å²) < 4.78 is 0. The maximum Gasteiger partial charge on any atom is 0.131 e. The summed E-state index contributed by atoms with van der Waals surface area (Å²) in [6.45, 7) is 7.13. The number of hydrogen-bond acceptors (Lipinski definition) is 4. The number of fused-ring (bicyclic) bond motifs is 1. The molecular weight excluding hydrogens is 320 g/mol. The summed E-state index contributed by atoms with van der Waals surface area (Å²) in [6.07, 6.45) is 5.00. The van der Waals surface area contributed by atoms with Crippen LogP contribution >= 0.6 is 0 Å².